The number of carboxylic acid groups (broad SMARTS) is 1. The van der Waals surface area contributed by atoms with Gasteiger partial charge in [-0.05, 0) is 48.9 Å². The van der Waals surface area contributed by atoms with Gasteiger partial charge in [-0.15, -0.1) is 5.10 Å². The maximum absolute atomic E-state index is 14.2. The van der Waals surface area contributed by atoms with Crippen molar-refractivity contribution in [2.24, 2.45) is 0 Å². The minimum atomic E-state index is -4.96. The molecule has 1 amide bonds. The first-order chi connectivity index (χ1) is 19.4. The molecule has 0 spiro atoms. The highest BCUT2D eigenvalue weighted by molar-refractivity contribution is 6.36. The van der Waals surface area contributed by atoms with Gasteiger partial charge in [0.1, 0.15) is 17.5 Å². The molecule has 0 aliphatic carbocycles. The van der Waals surface area contributed by atoms with Gasteiger partial charge >= 0.3 is 12.1 Å². The number of nitrogens with one attached hydrogen (secondary N) is 1. The molecule has 7 nitrogen and oxygen atoms in total. The van der Waals surface area contributed by atoms with Gasteiger partial charge in [0.25, 0.3) is 5.91 Å². The molecule has 2 N–H and O–H groups in total. The van der Waals surface area contributed by atoms with Gasteiger partial charge in [-0.25, -0.2) is 4.79 Å². The molecule has 1 unspecified atom stereocenters. The van der Waals surface area contributed by atoms with E-state index in [9.17, 15) is 27.9 Å². The molecule has 0 saturated carbocycles. The summed E-state index contributed by atoms with van der Waals surface area (Å²) in [6, 6.07) is 15.0. The molecule has 0 saturated heterocycles. The lowest BCUT2D eigenvalue weighted by molar-refractivity contribution is -0.144. The second kappa shape index (κ2) is 12.4. The lowest BCUT2D eigenvalue weighted by atomic mass is 9.98. The summed E-state index contributed by atoms with van der Waals surface area (Å²) in [6.07, 6.45) is -5.18. The average Bonchev–Trinajstić information content (AvgIpc) is 3.33. The van der Waals surface area contributed by atoms with Crippen molar-refractivity contribution in [1.29, 1.82) is 0 Å². The minimum absolute atomic E-state index is 0.0730. The summed E-state index contributed by atoms with van der Waals surface area (Å²) >= 11 is 18.3. The highest BCUT2D eigenvalue weighted by atomic mass is 35.5. The number of carbonyl (C=O) groups excluding carboxylic acids is 1. The fourth-order valence-electron chi connectivity index (χ4n) is 4.33. The molecule has 1 aromatic heterocycles. The molecular formula is C28H21Cl3F3N3O4. The van der Waals surface area contributed by atoms with Crippen molar-refractivity contribution in [3.05, 3.63) is 110 Å². The number of halogens is 6. The van der Waals surface area contributed by atoms with Gasteiger partial charge in [0.15, 0.2) is 0 Å². The summed E-state index contributed by atoms with van der Waals surface area (Å²) < 4.78 is 48.3. The number of aromatic amines is 1. The molecule has 4 rings (SSSR count). The molecule has 0 bridgehead atoms. The number of rotatable bonds is 9. The van der Waals surface area contributed by atoms with Crippen molar-refractivity contribution >= 4 is 46.7 Å². The number of amides is 1. The Kier molecular flexibility index (Phi) is 9.16. The molecule has 0 aliphatic rings. The number of nitrogens with zero attached hydrogens (tertiary/aromatic N) is 2. The molecule has 0 aliphatic heterocycles. The van der Waals surface area contributed by atoms with Crippen LogP contribution in [-0.2, 0) is 17.4 Å². The Morgan fingerprint density at radius 1 is 1.00 bits per heavy atom. The number of benzene rings is 3. The number of hydrogen-bond donors (Lipinski definition) is 2. The third kappa shape index (κ3) is 6.95. The molecule has 41 heavy (non-hydrogen) atoms. The molecule has 214 valence electrons. The fourth-order valence-corrected chi connectivity index (χ4v) is 5.00. The monoisotopic (exact) mass is 625 g/mol. The summed E-state index contributed by atoms with van der Waals surface area (Å²) in [6.45, 7) is 1.26. The second-order valence-electron chi connectivity index (χ2n) is 8.93. The molecule has 13 heteroatoms. The van der Waals surface area contributed by atoms with E-state index in [-0.39, 0.29) is 32.8 Å². The number of hydrogen-bond acceptors (Lipinski definition) is 4. The minimum Gasteiger partial charge on any atom is -0.480 e. The van der Waals surface area contributed by atoms with Crippen LogP contribution in [0.1, 0.15) is 40.1 Å². The SMILES string of the molecule is CC(c1c(Oc2cccc(Cl)c2)n[nH]c1C(F)(F)F)N(C(=O)c1ccc(Cl)cc1Cl)[C@@H](Cc1ccccc1)C(=O)O. The lowest BCUT2D eigenvalue weighted by Gasteiger charge is -2.35. The fraction of sp³-hybridized carbons (Fsp3) is 0.179. The van der Waals surface area contributed by atoms with Gasteiger partial charge in [0.2, 0.25) is 5.88 Å². The molecule has 3 aromatic carbocycles. The lowest BCUT2D eigenvalue weighted by Crippen LogP contribution is -2.48. The second-order valence-corrected chi connectivity index (χ2v) is 10.2. The van der Waals surface area contributed by atoms with E-state index in [1.807, 2.05) is 5.10 Å². The van der Waals surface area contributed by atoms with Crippen LogP contribution in [0.25, 0.3) is 0 Å². The van der Waals surface area contributed by atoms with Crippen LogP contribution >= 0.6 is 34.8 Å². The van der Waals surface area contributed by atoms with E-state index < -0.39 is 47.3 Å². The molecule has 4 aromatic rings. The number of carboxylic acids is 1. The van der Waals surface area contributed by atoms with Gasteiger partial charge < -0.3 is 14.7 Å². The summed E-state index contributed by atoms with van der Waals surface area (Å²) in [7, 11) is 0. The van der Waals surface area contributed by atoms with E-state index in [0.29, 0.717) is 5.56 Å². The predicted molar refractivity (Wildman–Crippen MR) is 148 cm³/mol. The number of alkyl halides is 3. The van der Waals surface area contributed by atoms with Crippen molar-refractivity contribution in [2.75, 3.05) is 0 Å². The molecule has 1 heterocycles. The Labute approximate surface area is 247 Å². The third-order valence-corrected chi connectivity index (χ3v) is 6.97. The zero-order valence-corrected chi connectivity index (χ0v) is 23.4. The topological polar surface area (TPSA) is 95.5 Å². The largest absolute Gasteiger partial charge is 0.480 e. The molecule has 0 radical (unpaired) electrons. The highest BCUT2D eigenvalue weighted by Gasteiger charge is 2.44. The summed E-state index contributed by atoms with van der Waals surface area (Å²) in [5.41, 5.74) is -1.52. The Bertz CT molecular complexity index is 1560. The van der Waals surface area contributed by atoms with Crippen LogP contribution in [0.15, 0.2) is 72.8 Å². The predicted octanol–water partition coefficient (Wildman–Crippen LogP) is 8.08. The quantitative estimate of drug-likeness (QED) is 0.196. The third-order valence-electron chi connectivity index (χ3n) is 6.19. The first kappa shape index (κ1) is 30.2. The van der Waals surface area contributed by atoms with Crippen LogP contribution in [0.2, 0.25) is 15.1 Å². The van der Waals surface area contributed by atoms with Gasteiger partial charge in [-0.3, -0.25) is 9.89 Å². The number of carbonyl (C=O) groups is 2. The molecule has 0 fully saturated rings. The van der Waals surface area contributed by atoms with Gasteiger partial charge in [-0.1, -0.05) is 71.2 Å². The van der Waals surface area contributed by atoms with E-state index >= 15 is 0 Å². The van der Waals surface area contributed by atoms with Crippen molar-refractivity contribution in [1.82, 2.24) is 15.1 Å². The van der Waals surface area contributed by atoms with Crippen LogP contribution in [0.5, 0.6) is 11.6 Å². The Hall–Kier alpha value is -3.73. The summed E-state index contributed by atoms with van der Waals surface area (Å²) in [5, 5.41) is 16.3. The van der Waals surface area contributed by atoms with Crippen molar-refractivity contribution in [3.8, 4) is 11.6 Å². The number of H-pyrrole nitrogens is 1. The van der Waals surface area contributed by atoms with Gasteiger partial charge in [0.05, 0.1) is 22.2 Å². The zero-order valence-electron chi connectivity index (χ0n) is 21.1. The van der Waals surface area contributed by atoms with E-state index in [1.54, 1.807) is 36.4 Å². The highest BCUT2D eigenvalue weighted by Crippen LogP contribution is 2.42. The normalized spacial score (nSPS) is 13.0. The van der Waals surface area contributed by atoms with E-state index in [2.05, 4.69) is 5.10 Å². The smallest absolute Gasteiger partial charge is 0.433 e. The molecule has 2 atom stereocenters. The van der Waals surface area contributed by atoms with E-state index in [0.717, 1.165) is 4.90 Å². The van der Waals surface area contributed by atoms with E-state index in [1.165, 1.54) is 43.3 Å². The summed E-state index contributed by atoms with van der Waals surface area (Å²) in [5.74, 6) is -2.83. The van der Waals surface area contributed by atoms with Gasteiger partial charge in [0, 0.05) is 16.5 Å². The van der Waals surface area contributed by atoms with Crippen molar-refractivity contribution in [2.45, 2.75) is 31.6 Å². The number of ether oxygens (including phenoxy) is 1. The maximum atomic E-state index is 14.2. The zero-order chi connectivity index (χ0) is 29.9. The van der Waals surface area contributed by atoms with Crippen LogP contribution in [-0.4, -0.2) is 38.1 Å². The van der Waals surface area contributed by atoms with Crippen LogP contribution in [0.4, 0.5) is 13.2 Å². The van der Waals surface area contributed by atoms with E-state index in [4.69, 9.17) is 39.5 Å². The average molecular weight is 627 g/mol. The first-order valence-electron chi connectivity index (χ1n) is 12.0. The first-order valence-corrected chi connectivity index (χ1v) is 13.1. The maximum Gasteiger partial charge on any atom is 0.433 e. The van der Waals surface area contributed by atoms with Crippen LogP contribution in [0.3, 0.4) is 0 Å². The van der Waals surface area contributed by atoms with Crippen LogP contribution < -0.4 is 4.74 Å². The Morgan fingerprint density at radius 2 is 1.68 bits per heavy atom. The standard InChI is InChI=1S/C28H21Cl3F3N3O4/c1-15(23-24(28(32,33)34)35-36-25(23)41-19-9-5-8-17(29)13-19)37(26(38)20-11-10-18(30)14-21(20)31)22(27(39)40)12-16-6-3-2-4-7-16/h2-11,13-15,22H,12H2,1H3,(H,35,36)(H,39,40)/t15?,22-/m0/s1. The number of aliphatic carboxylic acids is 1. The Morgan fingerprint density at radius 3 is 2.29 bits per heavy atom. The molecular weight excluding hydrogens is 606 g/mol. The number of aromatic nitrogens is 2. The van der Waals surface area contributed by atoms with Crippen molar-refractivity contribution in [3.63, 3.8) is 0 Å². The Balaban J connectivity index is 1.89. The van der Waals surface area contributed by atoms with Crippen LogP contribution in [0, 0.1) is 0 Å². The summed E-state index contributed by atoms with van der Waals surface area (Å²) in [4.78, 5) is 27.5. The van der Waals surface area contributed by atoms with Gasteiger partial charge in [-0.2, -0.15) is 13.2 Å². The van der Waals surface area contributed by atoms with Crippen molar-refractivity contribution < 1.29 is 32.6 Å².